The summed E-state index contributed by atoms with van der Waals surface area (Å²) in [5.41, 5.74) is 0. The standard InChI is InChI=1S/C12H22O2/c1-10(9-11-6-4-7-11)5-3-8-12(13)14-2/h10-11H,3-9H2,1-2H3. The number of carbonyl (C=O) groups excluding carboxylic acids is 1. The summed E-state index contributed by atoms with van der Waals surface area (Å²) in [4.78, 5) is 10.9. The summed E-state index contributed by atoms with van der Waals surface area (Å²) < 4.78 is 4.61. The Labute approximate surface area is 87.0 Å². The topological polar surface area (TPSA) is 26.3 Å². The lowest BCUT2D eigenvalue weighted by atomic mass is 9.78. The predicted octanol–water partition coefficient (Wildman–Crippen LogP) is 3.16. The van der Waals surface area contributed by atoms with Crippen molar-refractivity contribution >= 4 is 5.97 Å². The molecule has 2 heteroatoms. The second kappa shape index (κ2) is 6.05. The van der Waals surface area contributed by atoms with E-state index < -0.39 is 0 Å². The molecule has 0 aromatic rings. The minimum atomic E-state index is -0.0687. The van der Waals surface area contributed by atoms with Crippen LogP contribution in [0.5, 0.6) is 0 Å². The van der Waals surface area contributed by atoms with Gasteiger partial charge in [0.25, 0.3) is 0 Å². The molecule has 0 spiro atoms. The Morgan fingerprint density at radius 3 is 2.71 bits per heavy atom. The van der Waals surface area contributed by atoms with Gasteiger partial charge in [0.1, 0.15) is 0 Å². The Kier molecular flexibility index (Phi) is 4.99. The number of methoxy groups -OCH3 is 1. The van der Waals surface area contributed by atoms with Crippen LogP contribution in [0.15, 0.2) is 0 Å². The number of hydrogen-bond acceptors (Lipinski definition) is 2. The summed E-state index contributed by atoms with van der Waals surface area (Å²) in [6.45, 7) is 2.30. The van der Waals surface area contributed by atoms with Gasteiger partial charge in [-0.25, -0.2) is 0 Å². The first-order valence-electron chi connectivity index (χ1n) is 5.79. The molecule has 2 nitrogen and oxygen atoms in total. The molecule has 1 unspecified atom stereocenters. The normalized spacial score (nSPS) is 18.7. The lowest BCUT2D eigenvalue weighted by molar-refractivity contribution is -0.140. The molecule has 0 aromatic heterocycles. The van der Waals surface area contributed by atoms with E-state index in [1.807, 2.05) is 0 Å². The minimum Gasteiger partial charge on any atom is -0.469 e. The summed E-state index contributed by atoms with van der Waals surface area (Å²) >= 11 is 0. The van der Waals surface area contributed by atoms with Crippen LogP contribution < -0.4 is 0 Å². The molecule has 0 aromatic carbocycles. The molecule has 0 heterocycles. The SMILES string of the molecule is COC(=O)CCCC(C)CC1CCC1. The van der Waals surface area contributed by atoms with Crippen molar-refractivity contribution in [3.8, 4) is 0 Å². The van der Waals surface area contributed by atoms with Crippen molar-refractivity contribution in [2.45, 2.75) is 51.9 Å². The van der Waals surface area contributed by atoms with Gasteiger partial charge in [-0.3, -0.25) is 4.79 Å². The van der Waals surface area contributed by atoms with Crippen LogP contribution in [0.25, 0.3) is 0 Å². The van der Waals surface area contributed by atoms with E-state index in [0.717, 1.165) is 18.3 Å². The van der Waals surface area contributed by atoms with E-state index in [1.54, 1.807) is 0 Å². The largest absolute Gasteiger partial charge is 0.469 e. The van der Waals surface area contributed by atoms with Crippen molar-refractivity contribution < 1.29 is 9.53 Å². The maximum absolute atomic E-state index is 10.9. The van der Waals surface area contributed by atoms with Crippen molar-refractivity contribution in [2.75, 3.05) is 7.11 Å². The molecule has 1 fully saturated rings. The summed E-state index contributed by atoms with van der Waals surface area (Å²) in [5, 5.41) is 0. The number of carbonyl (C=O) groups is 1. The van der Waals surface area contributed by atoms with E-state index in [-0.39, 0.29) is 5.97 Å². The Morgan fingerprint density at radius 2 is 2.21 bits per heavy atom. The molecule has 1 aliphatic rings. The van der Waals surface area contributed by atoms with E-state index in [0.29, 0.717) is 6.42 Å². The second-order valence-corrected chi connectivity index (χ2v) is 4.61. The van der Waals surface area contributed by atoms with Gasteiger partial charge in [0.05, 0.1) is 7.11 Å². The van der Waals surface area contributed by atoms with E-state index in [2.05, 4.69) is 11.7 Å². The molecule has 1 rings (SSSR count). The van der Waals surface area contributed by atoms with Crippen LogP contribution in [0.2, 0.25) is 0 Å². The molecule has 1 atom stereocenters. The maximum atomic E-state index is 10.9. The zero-order valence-corrected chi connectivity index (χ0v) is 9.42. The molecule has 0 N–H and O–H groups in total. The average Bonchev–Trinajstić information content (AvgIpc) is 2.11. The number of hydrogen-bond donors (Lipinski definition) is 0. The van der Waals surface area contributed by atoms with Crippen molar-refractivity contribution in [1.82, 2.24) is 0 Å². The van der Waals surface area contributed by atoms with Gasteiger partial charge in [-0.1, -0.05) is 32.6 Å². The van der Waals surface area contributed by atoms with Crippen LogP contribution in [-0.4, -0.2) is 13.1 Å². The van der Waals surface area contributed by atoms with Gasteiger partial charge >= 0.3 is 5.97 Å². The summed E-state index contributed by atoms with van der Waals surface area (Å²) in [6, 6.07) is 0. The summed E-state index contributed by atoms with van der Waals surface area (Å²) in [7, 11) is 1.46. The highest BCUT2D eigenvalue weighted by Gasteiger charge is 2.19. The molecule has 0 radical (unpaired) electrons. The quantitative estimate of drug-likeness (QED) is 0.613. The Hall–Kier alpha value is -0.530. The molecular formula is C12H22O2. The van der Waals surface area contributed by atoms with E-state index in [1.165, 1.54) is 39.2 Å². The van der Waals surface area contributed by atoms with Crippen LogP contribution in [0.4, 0.5) is 0 Å². The molecular weight excluding hydrogens is 176 g/mol. The highest BCUT2D eigenvalue weighted by molar-refractivity contribution is 5.68. The Balaban J connectivity index is 1.96. The highest BCUT2D eigenvalue weighted by Crippen LogP contribution is 2.33. The first-order chi connectivity index (χ1) is 6.72. The molecule has 0 aliphatic heterocycles. The fourth-order valence-electron chi connectivity index (χ4n) is 2.11. The van der Waals surface area contributed by atoms with Crippen LogP contribution in [0.1, 0.15) is 51.9 Å². The molecule has 0 saturated heterocycles. The predicted molar refractivity (Wildman–Crippen MR) is 57.0 cm³/mol. The molecule has 0 bridgehead atoms. The molecule has 1 aliphatic carbocycles. The highest BCUT2D eigenvalue weighted by atomic mass is 16.5. The van der Waals surface area contributed by atoms with Gasteiger partial charge < -0.3 is 4.74 Å². The number of rotatable bonds is 6. The van der Waals surface area contributed by atoms with E-state index >= 15 is 0 Å². The van der Waals surface area contributed by atoms with E-state index in [9.17, 15) is 4.79 Å². The van der Waals surface area contributed by atoms with Crippen LogP contribution in [0, 0.1) is 11.8 Å². The molecule has 1 saturated carbocycles. The van der Waals surface area contributed by atoms with Crippen LogP contribution in [-0.2, 0) is 9.53 Å². The van der Waals surface area contributed by atoms with Crippen LogP contribution >= 0.6 is 0 Å². The zero-order valence-electron chi connectivity index (χ0n) is 9.42. The fraction of sp³-hybridized carbons (Fsp3) is 0.917. The van der Waals surface area contributed by atoms with Gasteiger partial charge in [-0.2, -0.15) is 0 Å². The molecule has 82 valence electrons. The van der Waals surface area contributed by atoms with Gasteiger partial charge in [0.2, 0.25) is 0 Å². The first-order valence-corrected chi connectivity index (χ1v) is 5.79. The fourth-order valence-corrected chi connectivity index (χ4v) is 2.11. The van der Waals surface area contributed by atoms with Crippen molar-refractivity contribution in [1.29, 1.82) is 0 Å². The minimum absolute atomic E-state index is 0.0687. The van der Waals surface area contributed by atoms with Gasteiger partial charge in [-0.15, -0.1) is 0 Å². The smallest absolute Gasteiger partial charge is 0.305 e. The zero-order chi connectivity index (χ0) is 10.4. The second-order valence-electron chi connectivity index (χ2n) is 4.61. The van der Waals surface area contributed by atoms with Crippen LogP contribution in [0.3, 0.4) is 0 Å². The van der Waals surface area contributed by atoms with E-state index in [4.69, 9.17) is 0 Å². The third-order valence-electron chi connectivity index (χ3n) is 3.27. The maximum Gasteiger partial charge on any atom is 0.305 e. The molecule has 14 heavy (non-hydrogen) atoms. The summed E-state index contributed by atoms with van der Waals surface area (Å²) in [6.07, 6.45) is 8.40. The lowest BCUT2D eigenvalue weighted by Gasteiger charge is -2.28. The van der Waals surface area contributed by atoms with Crippen molar-refractivity contribution in [3.63, 3.8) is 0 Å². The van der Waals surface area contributed by atoms with Crippen molar-refractivity contribution in [2.24, 2.45) is 11.8 Å². The Morgan fingerprint density at radius 1 is 1.50 bits per heavy atom. The third kappa shape index (κ3) is 4.12. The van der Waals surface area contributed by atoms with Gasteiger partial charge in [0, 0.05) is 6.42 Å². The number of ether oxygens (including phenoxy) is 1. The average molecular weight is 198 g/mol. The third-order valence-corrected chi connectivity index (χ3v) is 3.27. The van der Waals surface area contributed by atoms with Gasteiger partial charge in [0.15, 0.2) is 0 Å². The number of esters is 1. The lowest BCUT2D eigenvalue weighted by Crippen LogP contribution is -2.14. The Bertz CT molecular complexity index is 173. The van der Waals surface area contributed by atoms with Gasteiger partial charge in [-0.05, 0) is 24.7 Å². The first kappa shape index (κ1) is 11.5. The molecule has 0 amide bonds. The summed E-state index contributed by atoms with van der Waals surface area (Å²) in [5.74, 6) is 1.70. The van der Waals surface area contributed by atoms with Crippen molar-refractivity contribution in [3.05, 3.63) is 0 Å². The monoisotopic (exact) mass is 198 g/mol.